The first-order valence-corrected chi connectivity index (χ1v) is 8.15. The van der Waals surface area contributed by atoms with Crippen LogP contribution in [0.5, 0.6) is 0 Å². The molecule has 1 aliphatic carbocycles. The van der Waals surface area contributed by atoms with E-state index in [1.54, 1.807) is 0 Å². The van der Waals surface area contributed by atoms with E-state index in [1.165, 1.54) is 32.1 Å². The number of nitrogens with one attached hydrogen (secondary N) is 2. The van der Waals surface area contributed by atoms with Crippen LogP contribution < -0.4 is 21.3 Å². The van der Waals surface area contributed by atoms with Crippen molar-refractivity contribution in [1.82, 2.24) is 15.3 Å². The maximum absolute atomic E-state index is 5.94. The highest BCUT2D eigenvalue weighted by molar-refractivity contribution is 5.51. The summed E-state index contributed by atoms with van der Waals surface area (Å²) in [5, 5.41) is 6.74. The molecule has 4 N–H and O–H groups in total. The first-order valence-electron chi connectivity index (χ1n) is 8.15. The summed E-state index contributed by atoms with van der Waals surface area (Å²) in [6, 6.07) is 1.87. The Morgan fingerprint density at radius 1 is 1.19 bits per heavy atom. The molecule has 2 aliphatic rings. The van der Waals surface area contributed by atoms with Crippen LogP contribution in [0.15, 0.2) is 6.07 Å². The zero-order valence-corrected chi connectivity index (χ0v) is 12.6. The quantitative estimate of drug-likeness (QED) is 0.779. The van der Waals surface area contributed by atoms with E-state index in [0.717, 1.165) is 44.5 Å². The van der Waals surface area contributed by atoms with Crippen LogP contribution in [0, 0.1) is 5.92 Å². The van der Waals surface area contributed by atoms with Crippen molar-refractivity contribution in [2.45, 2.75) is 32.1 Å². The third kappa shape index (κ3) is 3.97. The highest BCUT2D eigenvalue weighted by atomic mass is 15.3. The lowest BCUT2D eigenvalue weighted by Crippen LogP contribution is -2.44. The van der Waals surface area contributed by atoms with E-state index in [9.17, 15) is 0 Å². The summed E-state index contributed by atoms with van der Waals surface area (Å²) < 4.78 is 0. The Bertz CT molecular complexity index is 451. The zero-order valence-electron chi connectivity index (χ0n) is 12.6. The van der Waals surface area contributed by atoms with Gasteiger partial charge in [-0.05, 0) is 18.8 Å². The minimum atomic E-state index is 0.546. The summed E-state index contributed by atoms with van der Waals surface area (Å²) >= 11 is 0. The van der Waals surface area contributed by atoms with Crippen LogP contribution >= 0.6 is 0 Å². The fourth-order valence-electron chi connectivity index (χ4n) is 3.21. The van der Waals surface area contributed by atoms with Gasteiger partial charge in [-0.3, -0.25) is 0 Å². The molecule has 1 saturated heterocycles. The number of hydrogen-bond donors (Lipinski definition) is 3. The van der Waals surface area contributed by atoms with Gasteiger partial charge in [0.1, 0.15) is 11.6 Å². The van der Waals surface area contributed by atoms with Gasteiger partial charge >= 0.3 is 0 Å². The molecule has 3 rings (SSSR count). The van der Waals surface area contributed by atoms with Gasteiger partial charge in [0.2, 0.25) is 5.95 Å². The monoisotopic (exact) mass is 290 g/mol. The summed E-state index contributed by atoms with van der Waals surface area (Å²) in [5.41, 5.74) is 5.94. The molecule has 1 aromatic rings. The Labute approximate surface area is 126 Å². The second kappa shape index (κ2) is 6.93. The van der Waals surface area contributed by atoms with Crippen molar-refractivity contribution in [2.75, 3.05) is 48.7 Å². The number of aromatic nitrogens is 2. The fraction of sp³-hybridized carbons (Fsp3) is 0.733. The van der Waals surface area contributed by atoms with Gasteiger partial charge in [-0.2, -0.15) is 9.97 Å². The number of hydrogen-bond acceptors (Lipinski definition) is 6. The molecule has 6 nitrogen and oxygen atoms in total. The molecule has 1 aliphatic heterocycles. The van der Waals surface area contributed by atoms with Crippen molar-refractivity contribution < 1.29 is 0 Å². The molecule has 1 saturated carbocycles. The molecule has 0 radical (unpaired) electrons. The minimum Gasteiger partial charge on any atom is -0.383 e. The molecule has 0 bridgehead atoms. The van der Waals surface area contributed by atoms with Crippen molar-refractivity contribution in [1.29, 1.82) is 0 Å². The molecule has 6 heteroatoms. The number of nitrogen functional groups attached to an aromatic ring is 1. The molecule has 0 aromatic carbocycles. The maximum atomic E-state index is 5.94. The summed E-state index contributed by atoms with van der Waals surface area (Å²) in [7, 11) is 0. The number of nitrogens with two attached hydrogens (primary N) is 1. The van der Waals surface area contributed by atoms with E-state index >= 15 is 0 Å². The second-order valence-electron chi connectivity index (χ2n) is 6.10. The van der Waals surface area contributed by atoms with E-state index in [1.807, 2.05) is 6.07 Å². The first kappa shape index (κ1) is 14.4. The van der Waals surface area contributed by atoms with Crippen molar-refractivity contribution >= 4 is 17.6 Å². The molecular weight excluding hydrogens is 264 g/mol. The summed E-state index contributed by atoms with van der Waals surface area (Å²) in [4.78, 5) is 11.2. The lowest BCUT2D eigenvalue weighted by molar-refractivity contribution is 0.373. The minimum absolute atomic E-state index is 0.546. The Hall–Kier alpha value is -1.56. The second-order valence-corrected chi connectivity index (χ2v) is 6.10. The molecular formula is C15H26N6. The molecule has 2 fully saturated rings. The maximum Gasteiger partial charge on any atom is 0.226 e. The Balaban J connectivity index is 1.62. The van der Waals surface area contributed by atoms with Crippen LogP contribution in [-0.4, -0.2) is 42.7 Å². The molecule has 0 amide bonds. The number of piperazine rings is 1. The normalized spacial score (nSPS) is 20.5. The molecule has 0 unspecified atom stereocenters. The summed E-state index contributed by atoms with van der Waals surface area (Å²) in [6.45, 7) is 4.89. The standard InChI is InChI=1S/C15H26N6/c16-13-10-14(21-8-6-17-7-9-21)20-15(19-13)18-11-12-4-2-1-3-5-12/h10,12,17H,1-9,11H2,(H3,16,18,19,20). The van der Waals surface area contributed by atoms with E-state index in [2.05, 4.69) is 25.5 Å². The molecule has 0 atom stereocenters. The van der Waals surface area contributed by atoms with Gasteiger partial charge in [-0.25, -0.2) is 0 Å². The Morgan fingerprint density at radius 3 is 2.71 bits per heavy atom. The average Bonchev–Trinajstić information content (AvgIpc) is 2.54. The fourth-order valence-corrected chi connectivity index (χ4v) is 3.21. The molecule has 116 valence electrons. The highest BCUT2D eigenvalue weighted by Gasteiger charge is 2.16. The predicted molar refractivity (Wildman–Crippen MR) is 86.6 cm³/mol. The van der Waals surface area contributed by atoms with Crippen LogP contribution in [0.1, 0.15) is 32.1 Å². The Morgan fingerprint density at radius 2 is 1.95 bits per heavy atom. The van der Waals surface area contributed by atoms with E-state index in [-0.39, 0.29) is 0 Å². The van der Waals surface area contributed by atoms with Gasteiger partial charge < -0.3 is 21.3 Å². The summed E-state index contributed by atoms with van der Waals surface area (Å²) in [5.74, 6) is 2.92. The van der Waals surface area contributed by atoms with Gasteiger partial charge in [0, 0.05) is 38.8 Å². The lowest BCUT2D eigenvalue weighted by Gasteiger charge is -2.28. The smallest absolute Gasteiger partial charge is 0.226 e. The SMILES string of the molecule is Nc1cc(N2CCNCC2)nc(NCC2CCCCC2)n1. The largest absolute Gasteiger partial charge is 0.383 e. The molecule has 21 heavy (non-hydrogen) atoms. The van der Waals surface area contributed by atoms with Crippen LogP contribution in [0.25, 0.3) is 0 Å². The molecule has 1 aromatic heterocycles. The van der Waals surface area contributed by atoms with Gasteiger partial charge in [-0.15, -0.1) is 0 Å². The van der Waals surface area contributed by atoms with Gasteiger partial charge in [-0.1, -0.05) is 19.3 Å². The van der Waals surface area contributed by atoms with Crippen LogP contribution in [-0.2, 0) is 0 Å². The topological polar surface area (TPSA) is 79.1 Å². The van der Waals surface area contributed by atoms with Crippen molar-refractivity contribution in [3.05, 3.63) is 6.07 Å². The zero-order chi connectivity index (χ0) is 14.5. The van der Waals surface area contributed by atoms with Crippen LogP contribution in [0.3, 0.4) is 0 Å². The van der Waals surface area contributed by atoms with Gasteiger partial charge in [0.25, 0.3) is 0 Å². The van der Waals surface area contributed by atoms with E-state index < -0.39 is 0 Å². The van der Waals surface area contributed by atoms with E-state index in [0.29, 0.717) is 11.8 Å². The highest BCUT2D eigenvalue weighted by Crippen LogP contribution is 2.24. The molecule has 2 heterocycles. The van der Waals surface area contributed by atoms with Crippen LogP contribution in [0.4, 0.5) is 17.6 Å². The summed E-state index contributed by atoms with van der Waals surface area (Å²) in [6.07, 6.45) is 6.74. The van der Waals surface area contributed by atoms with Crippen molar-refractivity contribution in [3.8, 4) is 0 Å². The van der Waals surface area contributed by atoms with Crippen molar-refractivity contribution in [3.63, 3.8) is 0 Å². The van der Waals surface area contributed by atoms with Gasteiger partial charge in [0.15, 0.2) is 0 Å². The molecule has 0 spiro atoms. The Kier molecular flexibility index (Phi) is 4.75. The number of nitrogens with zero attached hydrogens (tertiary/aromatic N) is 3. The van der Waals surface area contributed by atoms with E-state index in [4.69, 9.17) is 5.73 Å². The first-order chi connectivity index (χ1) is 10.3. The van der Waals surface area contributed by atoms with Gasteiger partial charge in [0.05, 0.1) is 0 Å². The predicted octanol–water partition coefficient (Wildman–Crippen LogP) is 1.46. The number of anilines is 3. The van der Waals surface area contributed by atoms with Crippen molar-refractivity contribution in [2.24, 2.45) is 5.92 Å². The third-order valence-corrected chi connectivity index (χ3v) is 4.45. The van der Waals surface area contributed by atoms with Crippen LogP contribution in [0.2, 0.25) is 0 Å². The third-order valence-electron chi connectivity index (χ3n) is 4.45. The average molecular weight is 290 g/mol. The number of rotatable bonds is 4. The lowest BCUT2D eigenvalue weighted by atomic mass is 9.89.